The van der Waals surface area contributed by atoms with E-state index in [2.05, 4.69) is 11.5 Å². The number of nitrogen functional groups attached to an aromatic ring is 1. The van der Waals surface area contributed by atoms with Gasteiger partial charge in [0.05, 0.1) is 5.69 Å². The van der Waals surface area contributed by atoms with Crippen molar-refractivity contribution >= 4 is 5.69 Å². The van der Waals surface area contributed by atoms with Gasteiger partial charge in [-0.05, 0) is 38.5 Å². The van der Waals surface area contributed by atoms with Gasteiger partial charge in [-0.2, -0.15) is 4.57 Å². The first kappa shape index (κ1) is 16.8. The Balaban J connectivity index is 1.66. The Morgan fingerprint density at radius 1 is 0.739 bits per heavy atom. The minimum absolute atomic E-state index is 1.17. The lowest BCUT2D eigenvalue weighted by Gasteiger charge is -2.20. The number of hydrogen-bond donors (Lipinski definition) is 1. The quantitative estimate of drug-likeness (QED) is 0.548. The fourth-order valence-electron chi connectivity index (χ4n) is 4.64. The van der Waals surface area contributed by atoms with Crippen LogP contribution in [0.1, 0.15) is 93.6 Å². The molecule has 2 aliphatic carbocycles. The Morgan fingerprint density at radius 2 is 1.30 bits per heavy atom. The van der Waals surface area contributed by atoms with E-state index >= 15 is 0 Å². The predicted molar refractivity (Wildman–Crippen MR) is 97.7 cm³/mol. The van der Waals surface area contributed by atoms with Crippen LogP contribution in [-0.4, -0.2) is 0 Å². The Hall–Kier alpha value is -1.05. The van der Waals surface area contributed by atoms with Gasteiger partial charge in [0.25, 0.3) is 0 Å². The molecule has 0 aliphatic heterocycles. The topological polar surface area (TPSA) is 29.9 Å². The average molecular weight is 316 g/mol. The smallest absolute Gasteiger partial charge is 0.186 e. The number of rotatable bonds is 8. The molecule has 2 aliphatic rings. The molecule has 1 heterocycles. The number of fused-ring (bicyclic) bond motifs is 2. The first-order chi connectivity index (χ1) is 11.3. The van der Waals surface area contributed by atoms with E-state index in [-0.39, 0.29) is 0 Å². The molecule has 2 nitrogen and oxygen atoms in total. The van der Waals surface area contributed by atoms with E-state index in [1.54, 1.807) is 11.4 Å². The van der Waals surface area contributed by atoms with Gasteiger partial charge in [0.2, 0.25) is 0 Å². The van der Waals surface area contributed by atoms with Gasteiger partial charge in [0.15, 0.2) is 11.4 Å². The standard InChI is InChI=1S/C21H34N2/c1-2-3-4-5-6-7-10-16-23-19-14-9-8-12-17(19)21(22)18-13-11-15-20(18)23/h22H,2-16H2,1H3/p+1. The summed E-state index contributed by atoms with van der Waals surface area (Å²) in [5.41, 5.74) is 13.9. The zero-order chi connectivity index (χ0) is 16.1. The average Bonchev–Trinajstić information content (AvgIpc) is 3.06. The zero-order valence-corrected chi connectivity index (χ0v) is 15.1. The molecule has 1 aromatic rings. The van der Waals surface area contributed by atoms with Crippen LogP contribution in [0.5, 0.6) is 0 Å². The van der Waals surface area contributed by atoms with Crippen LogP contribution in [-0.2, 0) is 32.2 Å². The summed E-state index contributed by atoms with van der Waals surface area (Å²) in [7, 11) is 0. The Bertz CT molecular complexity index is 533. The van der Waals surface area contributed by atoms with Crippen molar-refractivity contribution in [3.05, 3.63) is 22.5 Å². The number of unbranched alkanes of at least 4 members (excludes halogenated alkanes) is 6. The van der Waals surface area contributed by atoms with E-state index in [4.69, 9.17) is 5.73 Å². The van der Waals surface area contributed by atoms with Gasteiger partial charge < -0.3 is 5.73 Å². The van der Waals surface area contributed by atoms with Gasteiger partial charge in [0, 0.05) is 30.4 Å². The second-order valence-corrected chi connectivity index (χ2v) is 7.60. The molecule has 0 saturated heterocycles. The SMILES string of the molecule is CCCCCCCCC[n+]1c2c(c(N)c3c1CCC3)CCCC2. The van der Waals surface area contributed by atoms with Crippen LogP contribution in [0.3, 0.4) is 0 Å². The number of anilines is 1. The molecule has 1 aromatic heterocycles. The van der Waals surface area contributed by atoms with Gasteiger partial charge in [-0.3, -0.25) is 0 Å². The fourth-order valence-corrected chi connectivity index (χ4v) is 4.64. The molecule has 0 aromatic carbocycles. The first-order valence-corrected chi connectivity index (χ1v) is 10.2. The number of pyridine rings is 1. The van der Waals surface area contributed by atoms with Crippen LogP contribution >= 0.6 is 0 Å². The van der Waals surface area contributed by atoms with Gasteiger partial charge in [-0.25, -0.2) is 0 Å². The monoisotopic (exact) mass is 315 g/mol. The summed E-state index contributed by atoms with van der Waals surface area (Å²) in [6.07, 6.45) is 18.7. The van der Waals surface area contributed by atoms with Crippen molar-refractivity contribution in [1.82, 2.24) is 0 Å². The molecule has 0 amide bonds. The normalized spacial score (nSPS) is 16.4. The molecule has 0 unspecified atom stereocenters. The maximum atomic E-state index is 6.53. The molecular weight excluding hydrogens is 280 g/mol. The largest absolute Gasteiger partial charge is 0.398 e. The van der Waals surface area contributed by atoms with Crippen LogP contribution in [0.2, 0.25) is 0 Å². The van der Waals surface area contributed by atoms with E-state index in [1.165, 1.54) is 113 Å². The predicted octanol–water partition coefficient (Wildman–Crippen LogP) is 4.67. The molecule has 128 valence electrons. The van der Waals surface area contributed by atoms with Gasteiger partial charge in [-0.15, -0.1) is 0 Å². The lowest BCUT2D eigenvalue weighted by molar-refractivity contribution is -0.711. The van der Waals surface area contributed by atoms with Crippen molar-refractivity contribution in [3.63, 3.8) is 0 Å². The van der Waals surface area contributed by atoms with Crippen molar-refractivity contribution in [2.45, 2.75) is 103 Å². The summed E-state index contributed by atoms with van der Waals surface area (Å²) in [5, 5.41) is 0. The fraction of sp³-hybridized carbons (Fsp3) is 0.762. The summed E-state index contributed by atoms with van der Waals surface area (Å²) in [5.74, 6) is 0. The van der Waals surface area contributed by atoms with Crippen LogP contribution in [0, 0.1) is 0 Å². The summed E-state index contributed by atoms with van der Waals surface area (Å²) in [4.78, 5) is 0. The number of nitrogens with two attached hydrogens (primary N) is 1. The summed E-state index contributed by atoms with van der Waals surface area (Å²) >= 11 is 0. The molecule has 2 heteroatoms. The molecule has 0 saturated carbocycles. The Labute approximate surface area is 142 Å². The first-order valence-electron chi connectivity index (χ1n) is 10.2. The molecule has 0 atom stereocenters. The van der Waals surface area contributed by atoms with Gasteiger partial charge >= 0.3 is 0 Å². The van der Waals surface area contributed by atoms with E-state index in [1.807, 2.05) is 0 Å². The highest BCUT2D eigenvalue weighted by Crippen LogP contribution is 2.33. The summed E-state index contributed by atoms with van der Waals surface area (Å²) in [6, 6.07) is 0. The molecule has 2 N–H and O–H groups in total. The molecule has 3 rings (SSSR count). The number of hydrogen-bond acceptors (Lipinski definition) is 1. The maximum Gasteiger partial charge on any atom is 0.186 e. The highest BCUT2D eigenvalue weighted by Gasteiger charge is 2.32. The summed E-state index contributed by atoms with van der Waals surface area (Å²) in [6.45, 7) is 3.53. The van der Waals surface area contributed by atoms with E-state index in [9.17, 15) is 0 Å². The minimum atomic E-state index is 1.17. The molecule has 0 radical (unpaired) electrons. The van der Waals surface area contributed by atoms with Crippen molar-refractivity contribution in [1.29, 1.82) is 0 Å². The second-order valence-electron chi connectivity index (χ2n) is 7.60. The van der Waals surface area contributed by atoms with Crippen molar-refractivity contribution in [3.8, 4) is 0 Å². The summed E-state index contributed by atoms with van der Waals surface area (Å²) < 4.78 is 2.71. The molecular formula is C21H35N2+. The minimum Gasteiger partial charge on any atom is -0.398 e. The molecule has 0 spiro atoms. The third-order valence-electron chi connectivity index (χ3n) is 5.91. The number of nitrogens with zero attached hydrogens (tertiary/aromatic N) is 1. The zero-order valence-electron chi connectivity index (χ0n) is 15.1. The highest BCUT2D eigenvalue weighted by molar-refractivity contribution is 5.57. The van der Waals surface area contributed by atoms with Crippen molar-refractivity contribution in [2.75, 3.05) is 5.73 Å². The van der Waals surface area contributed by atoms with E-state index in [0.717, 1.165) is 0 Å². The van der Waals surface area contributed by atoms with Crippen LogP contribution < -0.4 is 10.3 Å². The maximum absolute atomic E-state index is 6.53. The Morgan fingerprint density at radius 3 is 2.04 bits per heavy atom. The molecule has 23 heavy (non-hydrogen) atoms. The van der Waals surface area contributed by atoms with Gasteiger partial charge in [0.1, 0.15) is 6.54 Å². The third-order valence-corrected chi connectivity index (χ3v) is 5.91. The van der Waals surface area contributed by atoms with Crippen LogP contribution in [0.4, 0.5) is 5.69 Å². The van der Waals surface area contributed by atoms with Crippen molar-refractivity contribution in [2.24, 2.45) is 0 Å². The second kappa shape index (κ2) is 8.17. The van der Waals surface area contributed by atoms with Crippen molar-refractivity contribution < 1.29 is 4.57 Å². The van der Waals surface area contributed by atoms with E-state index < -0.39 is 0 Å². The molecule has 0 fully saturated rings. The third kappa shape index (κ3) is 3.72. The molecule has 0 bridgehead atoms. The van der Waals surface area contributed by atoms with E-state index in [0.29, 0.717) is 0 Å². The van der Waals surface area contributed by atoms with Gasteiger partial charge in [-0.1, -0.05) is 39.0 Å². The lowest BCUT2D eigenvalue weighted by atomic mass is 9.91. The van der Waals surface area contributed by atoms with Crippen LogP contribution in [0.15, 0.2) is 0 Å². The highest BCUT2D eigenvalue weighted by atomic mass is 15.0. The lowest BCUT2D eigenvalue weighted by Crippen LogP contribution is -2.45. The number of aromatic nitrogens is 1. The van der Waals surface area contributed by atoms with Crippen LogP contribution in [0.25, 0.3) is 0 Å². The Kier molecular flexibility index (Phi) is 5.96.